The molecule has 4 heteroatoms. The first-order valence-corrected chi connectivity index (χ1v) is 5.84. The van der Waals surface area contributed by atoms with Crippen molar-refractivity contribution in [3.05, 3.63) is 12.4 Å². The van der Waals surface area contributed by atoms with E-state index in [0.717, 1.165) is 25.6 Å². The van der Waals surface area contributed by atoms with Gasteiger partial charge in [-0.1, -0.05) is 13.8 Å². The van der Waals surface area contributed by atoms with Crippen molar-refractivity contribution in [2.75, 3.05) is 32.5 Å². The molecule has 1 aromatic heterocycles. The molecule has 0 unspecified atom stereocenters. The second-order valence-electron chi connectivity index (χ2n) is 5.31. The van der Waals surface area contributed by atoms with E-state index in [-0.39, 0.29) is 5.41 Å². The van der Waals surface area contributed by atoms with Crippen LogP contribution in [0.3, 0.4) is 0 Å². The summed E-state index contributed by atoms with van der Waals surface area (Å²) in [6.45, 7) is 9.60. The minimum atomic E-state index is 0.244. The molecule has 0 aliphatic carbocycles. The van der Waals surface area contributed by atoms with E-state index in [2.05, 4.69) is 54.6 Å². The highest BCUT2D eigenvalue weighted by atomic mass is 15.2. The lowest BCUT2D eigenvalue weighted by Crippen LogP contribution is -2.32. The Bertz CT molecular complexity index is 315. The molecule has 0 saturated heterocycles. The highest BCUT2D eigenvalue weighted by Crippen LogP contribution is 2.20. The first-order chi connectivity index (χ1) is 7.44. The Kier molecular flexibility index (Phi) is 4.35. The SMILES string of the molecule is CCNc1nccn1CC(C)(C)CN(C)C. The summed E-state index contributed by atoms with van der Waals surface area (Å²) < 4.78 is 2.19. The Morgan fingerprint density at radius 2 is 2.12 bits per heavy atom. The topological polar surface area (TPSA) is 33.1 Å². The largest absolute Gasteiger partial charge is 0.356 e. The Hall–Kier alpha value is -1.03. The molecule has 0 saturated carbocycles. The predicted octanol–water partition coefficient (Wildman–Crippen LogP) is 1.90. The van der Waals surface area contributed by atoms with E-state index in [0.29, 0.717) is 0 Å². The maximum atomic E-state index is 4.31. The lowest BCUT2D eigenvalue weighted by molar-refractivity contribution is 0.212. The molecule has 0 bridgehead atoms. The number of hydrogen-bond acceptors (Lipinski definition) is 3. The molecule has 0 fully saturated rings. The van der Waals surface area contributed by atoms with Gasteiger partial charge in [0, 0.05) is 32.0 Å². The van der Waals surface area contributed by atoms with Crippen LogP contribution < -0.4 is 5.32 Å². The zero-order valence-corrected chi connectivity index (χ0v) is 11.1. The molecule has 0 spiro atoms. The molecule has 0 aromatic carbocycles. The Morgan fingerprint density at radius 1 is 1.44 bits per heavy atom. The summed E-state index contributed by atoms with van der Waals surface area (Å²) in [6.07, 6.45) is 3.89. The third kappa shape index (κ3) is 3.85. The van der Waals surface area contributed by atoms with Gasteiger partial charge in [-0.15, -0.1) is 0 Å². The van der Waals surface area contributed by atoms with Crippen molar-refractivity contribution in [3.63, 3.8) is 0 Å². The normalized spacial score (nSPS) is 12.1. The maximum Gasteiger partial charge on any atom is 0.202 e. The van der Waals surface area contributed by atoms with Crippen molar-refractivity contribution in [1.29, 1.82) is 0 Å². The van der Waals surface area contributed by atoms with Gasteiger partial charge in [-0.2, -0.15) is 0 Å². The van der Waals surface area contributed by atoms with Gasteiger partial charge in [-0.25, -0.2) is 4.98 Å². The van der Waals surface area contributed by atoms with Crippen LogP contribution in [-0.4, -0.2) is 41.6 Å². The average molecular weight is 224 g/mol. The summed E-state index contributed by atoms with van der Waals surface area (Å²) in [6, 6.07) is 0. The summed E-state index contributed by atoms with van der Waals surface area (Å²) in [7, 11) is 4.22. The Morgan fingerprint density at radius 3 is 2.69 bits per heavy atom. The van der Waals surface area contributed by atoms with E-state index in [1.54, 1.807) is 0 Å². The highest BCUT2D eigenvalue weighted by Gasteiger charge is 2.20. The molecule has 1 N–H and O–H groups in total. The molecule has 4 nitrogen and oxygen atoms in total. The molecule has 1 heterocycles. The van der Waals surface area contributed by atoms with Gasteiger partial charge in [0.05, 0.1) is 0 Å². The summed E-state index contributed by atoms with van der Waals surface area (Å²) in [4.78, 5) is 6.53. The summed E-state index contributed by atoms with van der Waals surface area (Å²) in [5.41, 5.74) is 0.244. The summed E-state index contributed by atoms with van der Waals surface area (Å²) in [5, 5.41) is 3.27. The molecule has 0 radical (unpaired) electrons. The first kappa shape index (κ1) is 13.0. The van der Waals surface area contributed by atoms with Crippen LogP contribution in [0.1, 0.15) is 20.8 Å². The zero-order valence-electron chi connectivity index (χ0n) is 11.1. The Balaban J connectivity index is 2.67. The molecule has 16 heavy (non-hydrogen) atoms. The fraction of sp³-hybridized carbons (Fsp3) is 0.750. The van der Waals surface area contributed by atoms with Gasteiger partial charge in [-0.05, 0) is 26.4 Å². The zero-order chi connectivity index (χ0) is 12.2. The summed E-state index contributed by atoms with van der Waals surface area (Å²) >= 11 is 0. The molecular formula is C12H24N4. The van der Waals surface area contributed by atoms with E-state index in [4.69, 9.17) is 0 Å². The molecule has 0 aliphatic rings. The fourth-order valence-electron chi connectivity index (χ4n) is 2.13. The van der Waals surface area contributed by atoms with Crippen LogP contribution >= 0.6 is 0 Å². The number of imidazole rings is 1. The molecule has 1 aromatic rings. The van der Waals surface area contributed by atoms with Gasteiger partial charge < -0.3 is 14.8 Å². The van der Waals surface area contributed by atoms with Crippen LogP contribution in [-0.2, 0) is 6.54 Å². The van der Waals surface area contributed by atoms with Crippen molar-refractivity contribution >= 4 is 5.95 Å². The third-order valence-electron chi connectivity index (χ3n) is 2.39. The molecule has 1 rings (SSSR count). The first-order valence-electron chi connectivity index (χ1n) is 5.84. The van der Waals surface area contributed by atoms with E-state index >= 15 is 0 Å². The molecule has 0 atom stereocenters. The fourth-order valence-corrected chi connectivity index (χ4v) is 2.13. The standard InChI is InChI=1S/C12H24N4/c1-6-13-11-14-7-8-16(11)10-12(2,3)9-15(4)5/h7-8H,6,9-10H2,1-5H3,(H,13,14). The Labute approximate surface area is 98.7 Å². The van der Waals surface area contributed by atoms with Crippen molar-refractivity contribution in [1.82, 2.24) is 14.5 Å². The maximum absolute atomic E-state index is 4.31. The van der Waals surface area contributed by atoms with Crippen LogP contribution in [0.5, 0.6) is 0 Å². The summed E-state index contributed by atoms with van der Waals surface area (Å²) in [5.74, 6) is 0.967. The minimum absolute atomic E-state index is 0.244. The van der Waals surface area contributed by atoms with Crippen molar-refractivity contribution in [2.45, 2.75) is 27.3 Å². The van der Waals surface area contributed by atoms with E-state index in [1.807, 2.05) is 12.4 Å². The molecule has 0 amide bonds. The molecule has 0 aliphatic heterocycles. The second-order valence-corrected chi connectivity index (χ2v) is 5.31. The number of rotatable bonds is 6. The molecular weight excluding hydrogens is 200 g/mol. The second kappa shape index (κ2) is 5.34. The van der Waals surface area contributed by atoms with E-state index in [1.165, 1.54) is 0 Å². The molecule has 92 valence electrons. The van der Waals surface area contributed by atoms with Crippen molar-refractivity contribution in [3.8, 4) is 0 Å². The lowest BCUT2D eigenvalue weighted by Gasteiger charge is -2.29. The van der Waals surface area contributed by atoms with Gasteiger partial charge in [0.15, 0.2) is 0 Å². The average Bonchev–Trinajstić information content (AvgIpc) is 2.50. The van der Waals surface area contributed by atoms with Gasteiger partial charge in [0.25, 0.3) is 0 Å². The number of anilines is 1. The van der Waals surface area contributed by atoms with Crippen molar-refractivity contribution in [2.24, 2.45) is 5.41 Å². The predicted molar refractivity (Wildman–Crippen MR) is 68.7 cm³/mol. The van der Waals surface area contributed by atoms with Crippen LogP contribution in [0.25, 0.3) is 0 Å². The van der Waals surface area contributed by atoms with Gasteiger partial charge in [0.2, 0.25) is 5.95 Å². The minimum Gasteiger partial charge on any atom is -0.356 e. The van der Waals surface area contributed by atoms with Gasteiger partial charge >= 0.3 is 0 Å². The number of hydrogen-bond donors (Lipinski definition) is 1. The quantitative estimate of drug-likeness (QED) is 0.801. The van der Waals surface area contributed by atoms with Gasteiger partial charge in [-0.3, -0.25) is 0 Å². The number of nitrogens with zero attached hydrogens (tertiary/aromatic N) is 3. The number of nitrogens with one attached hydrogen (secondary N) is 1. The van der Waals surface area contributed by atoms with E-state index < -0.39 is 0 Å². The van der Waals surface area contributed by atoms with Crippen LogP contribution in [0, 0.1) is 5.41 Å². The van der Waals surface area contributed by atoms with Crippen LogP contribution in [0.4, 0.5) is 5.95 Å². The van der Waals surface area contributed by atoms with Gasteiger partial charge in [0.1, 0.15) is 0 Å². The smallest absolute Gasteiger partial charge is 0.202 e. The van der Waals surface area contributed by atoms with Crippen LogP contribution in [0.2, 0.25) is 0 Å². The van der Waals surface area contributed by atoms with Crippen molar-refractivity contribution < 1.29 is 0 Å². The highest BCUT2D eigenvalue weighted by molar-refractivity contribution is 5.25. The monoisotopic (exact) mass is 224 g/mol. The van der Waals surface area contributed by atoms with Crippen LogP contribution in [0.15, 0.2) is 12.4 Å². The van der Waals surface area contributed by atoms with E-state index in [9.17, 15) is 0 Å². The third-order valence-corrected chi connectivity index (χ3v) is 2.39. The number of aromatic nitrogens is 2. The lowest BCUT2D eigenvalue weighted by atomic mass is 9.93.